The van der Waals surface area contributed by atoms with E-state index in [0.717, 1.165) is 22.2 Å². The van der Waals surface area contributed by atoms with Gasteiger partial charge in [-0.2, -0.15) is 0 Å². The molecule has 0 atom stereocenters. The fraction of sp³-hybridized carbons (Fsp3) is 0.286. The Bertz CT molecular complexity index is 600. The second-order valence-electron chi connectivity index (χ2n) is 4.73. The molecular weight excluding hydrogens is 347 g/mol. The van der Waals surface area contributed by atoms with Crippen LogP contribution in [0.4, 0.5) is 0 Å². The van der Waals surface area contributed by atoms with Crippen molar-refractivity contribution in [1.82, 2.24) is 9.97 Å². The van der Waals surface area contributed by atoms with Crippen molar-refractivity contribution in [3.8, 4) is 11.4 Å². The molecule has 2 nitrogen and oxygen atoms in total. The average Bonchev–Trinajstić information content (AvgIpc) is 2.31. The number of hydrogen-bond acceptors (Lipinski definition) is 2. The highest BCUT2D eigenvalue weighted by Crippen LogP contribution is 2.28. The van der Waals surface area contributed by atoms with Crippen molar-refractivity contribution in [2.75, 3.05) is 0 Å². The van der Waals surface area contributed by atoms with Gasteiger partial charge in [-0.05, 0) is 52.5 Å². The zero-order chi connectivity index (χ0) is 14.0. The van der Waals surface area contributed by atoms with Crippen molar-refractivity contribution in [1.29, 1.82) is 0 Å². The van der Waals surface area contributed by atoms with Crippen molar-refractivity contribution < 1.29 is 0 Å². The standard InChI is InChI=1S/C14H13BrCl2N2/c1-8(2)5-10-7-13(17)19-14(18-10)9-3-4-11(15)12(16)6-9/h3-4,6-8H,5H2,1-2H3. The second kappa shape index (κ2) is 6.21. The lowest BCUT2D eigenvalue weighted by Crippen LogP contribution is -2.00. The molecule has 0 aliphatic carbocycles. The van der Waals surface area contributed by atoms with E-state index in [9.17, 15) is 0 Å². The molecule has 0 aliphatic heterocycles. The van der Waals surface area contributed by atoms with Crippen LogP contribution < -0.4 is 0 Å². The van der Waals surface area contributed by atoms with Crippen LogP contribution in [0.1, 0.15) is 19.5 Å². The highest BCUT2D eigenvalue weighted by Gasteiger charge is 2.09. The van der Waals surface area contributed by atoms with Crippen molar-refractivity contribution >= 4 is 39.1 Å². The summed E-state index contributed by atoms with van der Waals surface area (Å²) in [6.45, 7) is 4.29. The van der Waals surface area contributed by atoms with Crippen molar-refractivity contribution in [2.45, 2.75) is 20.3 Å². The topological polar surface area (TPSA) is 25.8 Å². The monoisotopic (exact) mass is 358 g/mol. The van der Waals surface area contributed by atoms with E-state index >= 15 is 0 Å². The Hall–Kier alpha value is -0.640. The molecule has 0 amide bonds. The van der Waals surface area contributed by atoms with Crippen LogP contribution >= 0.6 is 39.1 Å². The summed E-state index contributed by atoms with van der Waals surface area (Å²) >= 11 is 15.5. The van der Waals surface area contributed by atoms with Gasteiger partial charge in [-0.3, -0.25) is 0 Å². The van der Waals surface area contributed by atoms with Gasteiger partial charge >= 0.3 is 0 Å². The lowest BCUT2D eigenvalue weighted by atomic mass is 10.1. The van der Waals surface area contributed by atoms with E-state index in [1.165, 1.54) is 0 Å². The van der Waals surface area contributed by atoms with Gasteiger partial charge in [-0.15, -0.1) is 0 Å². The van der Waals surface area contributed by atoms with E-state index in [1.807, 2.05) is 24.3 Å². The predicted molar refractivity (Wildman–Crippen MR) is 83.7 cm³/mol. The number of rotatable bonds is 3. The maximum absolute atomic E-state index is 6.09. The van der Waals surface area contributed by atoms with Crippen molar-refractivity contribution in [2.24, 2.45) is 5.92 Å². The third-order valence-corrected chi connectivity index (χ3v) is 3.97. The van der Waals surface area contributed by atoms with Gasteiger partial charge in [-0.25, -0.2) is 9.97 Å². The third kappa shape index (κ3) is 3.91. The number of nitrogens with zero attached hydrogens (tertiary/aromatic N) is 2. The van der Waals surface area contributed by atoms with E-state index in [-0.39, 0.29) is 0 Å². The van der Waals surface area contributed by atoms with E-state index in [1.54, 1.807) is 0 Å². The lowest BCUT2D eigenvalue weighted by Gasteiger charge is -2.08. The molecule has 1 aromatic carbocycles. The summed E-state index contributed by atoms with van der Waals surface area (Å²) in [6, 6.07) is 7.44. The second-order valence-corrected chi connectivity index (χ2v) is 6.38. The fourth-order valence-electron chi connectivity index (χ4n) is 1.75. The summed E-state index contributed by atoms with van der Waals surface area (Å²) in [7, 11) is 0. The van der Waals surface area contributed by atoms with Crippen LogP contribution in [0, 0.1) is 5.92 Å². The minimum Gasteiger partial charge on any atom is -0.233 e. The molecule has 2 aromatic rings. The highest BCUT2D eigenvalue weighted by molar-refractivity contribution is 9.10. The first kappa shape index (κ1) is 14.8. The first-order valence-electron chi connectivity index (χ1n) is 5.94. The van der Waals surface area contributed by atoms with Gasteiger partial charge in [0.1, 0.15) is 5.15 Å². The van der Waals surface area contributed by atoms with Gasteiger partial charge in [0.25, 0.3) is 0 Å². The summed E-state index contributed by atoms with van der Waals surface area (Å²) in [5, 5.41) is 1.09. The summed E-state index contributed by atoms with van der Waals surface area (Å²) in [5.74, 6) is 1.13. The Kier molecular flexibility index (Phi) is 4.82. The average molecular weight is 360 g/mol. The quantitative estimate of drug-likeness (QED) is 0.684. The molecular formula is C14H13BrCl2N2. The molecule has 5 heteroatoms. The Morgan fingerprint density at radius 1 is 1.16 bits per heavy atom. The minimum atomic E-state index is 0.458. The molecule has 0 fully saturated rings. The van der Waals surface area contributed by atoms with E-state index in [4.69, 9.17) is 23.2 Å². The van der Waals surface area contributed by atoms with E-state index < -0.39 is 0 Å². The van der Waals surface area contributed by atoms with Gasteiger partial charge in [-0.1, -0.05) is 37.0 Å². The zero-order valence-corrected chi connectivity index (χ0v) is 13.7. The van der Waals surface area contributed by atoms with Crippen molar-refractivity contribution in [3.63, 3.8) is 0 Å². The van der Waals surface area contributed by atoms with Crippen LogP contribution in [-0.4, -0.2) is 9.97 Å². The molecule has 0 radical (unpaired) electrons. The number of aromatic nitrogens is 2. The molecule has 0 N–H and O–H groups in total. The number of halogens is 3. The Morgan fingerprint density at radius 2 is 1.89 bits per heavy atom. The SMILES string of the molecule is CC(C)Cc1cc(Cl)nc(-c2ccc(Br)c(Cl)c2)n1. The maximum atomic E-state index is 6.09. The molecule has 1 heterocycles. The summed E-state index contributed by atoms with van der Waals surface area (Å²) in [4.78, 5) is 8.81. The molecule has 19 heavy (non-hydrogen) atoms. The molecule has 0 bridgehead atoms. The minimum absolute atomic E-state index is 0.458. The smallest absolute Gasteiger partial charge is 0.161 e. The summed E-state index contributed by atoms with van der Waals surface area (Å²) in [6.07, 6.45) is 0.875. The first-order valence-corrected chi connectivity index (χ1v) is 7.49. The van der Waals surface area contributed by atoms with Crippen molar-refractivity contribution in [3.05, 3.63) is 44.6 Å². The molecule has 1 aromatic heterocycles. The Labute approximate surface area is 131 Å². The van der Waals surface area contributed by atoms with Gasteiger partial charge in [0.2, 0.25) is 0 Å². The van der Waals surface area contributed by atoms with Crippen LogP contribution in [-0.2, 0) is 6.42 Å². The van der Waals surface area contributed by atoms with E-state index in [2.05, 4.69) is 39.7 Å². The zero-order valence-electron chi connectivity index (χ0n) is 10.6. The Balaban J connectivity index is 2.43. The number of benzene rings is 1. The number of hydrogen-bond donors (Lipinski definition) is 0. The normalized spacial score (nSPS) is 11.1. The summed E-state index contributed by atoms with van der Waals surface area (Å²) in [5.41, 5.74) is 1.81. The molecule has 0 saturated carbocycles. The summed E-state index contributed by atoms with van der Waals surface area (Å²) < 4.78 is 0.849. The van der Waals surface area contributed by atoms with Gasteiger partial charge in [0.15, 0.2) is 5.82 Å². The molecule has 0 aliphatic rings. The first-order chi connectivity index (χ1) is 8.95. The maximum Gasteiger partial charge on any atom is 0.161 e. The van der Waals surface area contributed by atoms with Crippen LogP contribution in [0.25, 0.3) is 11.4 Å². The van der Waals surface area contributed by atoms with Crippen LogP contribution in [0.5, 0.6) is 0 Å². The third-order valence-electron chi connectivity index (χ3n) is 2.54. The highest BCUT2D eigenvalue weighted by atomic mass is 79.9. The van der Waals surface area contributed by atoms with Crippen LogP contribution in [0.15, 0.2) is 28.7 Å². The fourth-order valence-corrected chi connectivity index (χ4v) is 2.38. The molecule has 0 saturated heterocycles. The van der Waals surface area contributed by atoms with Crippen LogP contribution in [0.2, 0.25) is 10.2 Å². The van der Waals surface area contributed by atoms with Crippen LogP contribution in [0.3, 0.4) is 0 Å². The molecule has 0 spiro atoms. The van der Waals surface area contributed by atoms with Gasteiger partial charge < -0.3 is 0 Å². The lowest BCUT2D eigenvalue weighted by molar-refractivity contribution is 0.634. The van der Waals surface area contributed by atoms with Gasteiger partial charge in [0.05, 0.1) is 5.02 Å². The molecule has 2 rings (SSSR count). The largest absolute Gasteiger partial charge is 0.233 e. The predicted octanol–water partition coefficient (Wildman–Crippen LogP) is 5.41. The molecule has 100 valence electrons. The van der Waals surface area contributed by atoms with E-state index in [0.29, 0.717) is 21.9 Å². The molecule has 0 unspecified atom stereocenters. The van der Waals surface area contributed by atoms with Gasteiger partial charge in [0, 0.05) is 15.7 Å². The Morgan fingerprint density at radius 3 is 2.53 bits per heavy atom.